The number of ether oxygens (including phenoxy) is 2. The standard InChI is InChI=1S/C8H15NO2/c1-9-4-5-10-8(6-9)11-7-2-3-7/h7-8H,2-6H2,1H3. The van der Waals surface area contributed by atoms with E-state index in [1.807, 2.05) is 0 Å². The second-order valence-electron chi connectivity index (χ2n) is 3.40. The fourth-order valence-corrected chi connectivity index (χ4v) is 1.24. The Bertz CT molecular complexity index is 134. The maximum absolute atomic E-state index is 5.61. The van der Waals surface area contributed by atoms with Gasteiger partial charge in [-0.3, -0.25) is 4.90 Å². The molecule has 1 saturated carbocycles. The van der Waals surface area contributed by atoms with Crippen molar-refractivity contribution in [2.75, 3.05) is 26.7 Å². The van der Waals surface area contributed by atoms with Crippen LogP contribution in [0.4, 0.5) is 0 Å². The van der Waals surface area contributed by atoms with Crippen molar-refractivity contribution in [2.24, 2.45) is 0 Å². The molecule has 0 aromatic carbocycles. The normalized spacial score (nSPS) is 34.1. The predicted molar refractivity (Wildman–Crippen MR) is 41.3 cm³/mol. The molecule has 2 fully saturated rings. The SMILES string of the molecule is CN1CCOC(OC2CC2)C1. The lowest BCUT2D eigenvalue weighted by atomic mass is 10.4. The van der Waals surface area contributed by atoms with Gasteiger partial charge in [0, 0.05) is 13.1 Å². The van der Waals surface area contributed by atoms with Crippen LogP contribution >= 0.6 is 0 Å². The fraction of sp³-hybridized carbons (Fsp3) is 1.00. The van der Waals surface area contributed by atoms with Gasteiger partial charge in [-0.1, -0.05) is 0 Å². The molecule has 2 aliphatic rings. The van der Waals surface area contributed by atoms with Gasteiger partial charge in [0.25, 0.3) is 0 Å². The molecule has 2 rings (SSSR count). The first-order valence-corrected chi connectivity index (χ1v) is 4.30. The maximum Gasteiger partial charge on any atom is 0.170 e. The highest BCUT2D eigenvalue weighted by atomic mass is 16.7. The summed E-state index contributed by atoms with van der Waals surface area (Å²) in [6.07, 6.45) is 3.00. The molecular formula is C8H15NO2. The van der Waals surface area contributed by atoms with E-state index >= 15 is 0 Å². The molecule has 0 spiro atoms. The average Bonchev–Trinajstić information content (AvgIpc) is 2.71. The van der Waals surface area contributed by atoms with E-state index in [4.69, 9.17) is 9.47 Å². The first-order chi connectivity index (χ1) is 5.34. The summed E-state index contributed by atoms with van der Waals surface area (Å²) in [5.41, 5.74) is 0. The lowest BCUT2D eigenvalue weighted by Crippen LogP contribution is -2.41. The van der Waals surface area contributed by atoms with Gasteiger partial charge < -0.3 is 9.47 Å². The molecular weight excluding hydrogens is 142 g/mol. The quantitative estimate of drug-likeness (QED) is 0.581. The van der Waals surface area contributed by atoms with E-state index < -0.39 is 0 Å². The van der Waals surface area contributed by atoms with Crippen LogP contribution in [0.3, 0.4) is 0 Å². The fourth-order valence-electron chi connectivity index (χ4n) is 1.24. The number of likely N-dealkylation sites (N-methyl/N-ethyl adjacent to an activating group) is 1. The van der Waals surface area contributed by atoms with Crippen LogP contribution in [-0.4, -0.2) is 44.0 Å². The zero-order valence-electron chi connectivity index (χ0n) is 6.95. The van der Waals surface area contributed by atoms with Crippen LogP contribution in [0.2, 0.25) is 0 Å². The van der Waals surface area contributed by atoms with Gasteiger partial charge in [-0.15, -0.1) is 0 Å². The highest BCUT2D eigenvalue weighted by Gasteiger charge is 2.28. The second-order valence-corrected chi connectivity index (χ2v) is 3.40. The van der Waals surface area contributed by atoms with Gasteiger partial charge in [-0.2, -0.15) is 0 Å². The number of morpholine rings is 1. The Morgan fingerprint density at radius 2 is 2.27 bits per heavy atom. The molecule has 0 bridgehead atoms. The monoisotopic (exact) mass is 157 g/mol. The highest BCUT2D eigenvalue weighted by molar-refractivity contribution is 4.75. The van der Waals surface area contributed by atoms with E-state index in [0.717, 1.165) is 19.7 Å². The summed E-state index contributed by atoms with van der Waals surface area (Å²) in [6, 6.07) is 0. The lowest BCUT2D eigenvalue weighted by molar-refractivity contribution is -0.181. The summed E-state index contributed by atoms with van der Waals surface area (Å²) < 4.78 is 11.0. The maximum atomic E-state index is 5.61. The summed E-state index contributed by atoms with van der Waals surface area (Å²) >= 11 is 0. The molecule has 1 aliphatic heterocycles. The van der Waals surface area contributed by atoms with E-state index in [9.17, 15) is 0 Å². The van der Waals surface area contributed by atoms with E-state index in [1.54, 1.807) is 0 Å². The molecule has 0 amide bonds. The Morgan fingerprint density at radius 3 is 2.91 bits per heavy atom. The van der Waals surface area contributed by atoms with Crippen molar-refractivity contribution < 1.29 is 9.47 Å². The van der Waals surface area contributed by atoms with Crippen molar-refractivity contribution >= 4 is 0 Å². The third kappa shape index (κ3) is 2.15. The van der Waals surface area contributed by atoms with Crippen molar-refractivity contribution in [2.45, 2.75) is 25.2 Å². The van der Waals surface area contributed by atoms with Gasteiger partial charge in [-0.25, -0.2) is 0 Å². The first-order valence-electron chi connectivity index (χ1n) is 4.30. The average molecular weight is 157 g/mol. The van der Waals surface area contributed by atoms with Crippen LogP contribution in [0.25, 0.3) is 0 Å². The van der Waals surface area contributed by atoms with E-state index in [1.165, 1.54) is 12.8 Å². The molecule has 0 N–H and O–H groups in total. The van der Waals surface area contributed by atoms with Crippen molar-refractivity contribution in [3.63, 3.8) is 0 Å². The van der Waals surface area contributed by atoms with Gasteiger partial charge in [0.15, 0.2) is 6.29 Å². The molecule has 1 atom stereocenters. The molecule has 0 aromatic heterocycles. The predicted octanol–water partition coefficient (Wildman–Crippen LogP) is 0.453. The van der Waals surface area contributed by atoms with Gasteiger partial charge >= 0.3 is 0 Å². The molecule has 1 saturated heterocycles. The Morgan fingerprint density at radius 1 is 1.45 bits per heavy atom. The van der Waals surface area contributed by atoms with Gasteiger partial charge in [0.2, 0.25) is 0 Å². The topological polar surface area (TPSA) is 21.7 Å². The summed E-state index contributed by atoms with van der Waals surface area (Å²) in [6.45, 7) is 2.77. The number of nitrogens with zero attached hydrogens (tertiary/aromatic N) is 1. The van der Waals surface area contributed by atoms with Crippen molar-refractivity contribution in [1.82, 2.24) is 4.90 Å². The van der Waals surface area contributed by atoms with E-state index in [2.05, 4.69) is 11.9 Å². The van der Waals surface area contributed by atoms with Gasteiger partial charge in [-0.05, 0) is 19.9 Å². The summed E-state index contributed by atoms with van der Waals surface area (Å²) in [4.78, 5) is 2.25. The lowest BCUT2D eigenvalue weighted by Gasteiger charge is -2.29. The number of hydrogen-bond acceptors (Lipinski definition) is 3. The minimum Gasteiger partial charge on any atom is -0.350 e. The van der Waals surface area contributed by atoms with Crippen LogP contribution in [0.1, 0.15) is 12.8 Å². The summed E-state index contributed by atoms with van der Waals surface area (Å²) in [7, 11) is 2.10. The van der Waals surface area contributed by atoms with E-state index in [-0.39, 0.29) is 6.29 Å². The molecule has 3 heteroatoms. The number of hydrogen-bond donors (Lipinski definition) is 0. The molecule has 1 heterocycles. The zero-order chi connectivity index (χ0) is 7.68. The molecule has 1 aliphatic carbocycles. The minimum atomic E-state index is 0.0428. The Kier molecular flexibility index (Phi) is 2.11. The molecule has 0 radical (unpaired) electrons. The van der Waals surface area contributed by atoms with Crippen LogP contribution in [0.15, 0.2) is 0 Å². The van der Waals surface area contributed by atoms with E-state index in [0.29, 0.717) is 6.10 Å². The van der Waals surface area contributed by atoms with Gasteiger partial charge in [0.1, 0.15) is 0 Å². The highest BCUT2D eigenvalue weighted by Crippen LogP contribution is 2.25. The summed E-state index contributed by atoms with van der Waals surface area (Å²) in [5, 5.41) is 0. The van der Waals surface area contributed by atoms with Crippen LogP contribution in [0, 0.1) is 0 Å². The zero-order valence-corrected chi connectivity index (χ0v) is 6.95. The number of rotatable bonds is 2. The third-order valence-electron chi connectivity index (χ3n) is 2.11. The molecule has 64 valence electrons. The molecule has 0 aromatic rings. The summed E-state index contributed by atoms with van der Waals surface area (Å²) in [5.74, 6) is 0. The van der Waals surface area contributed by atoms with Crippen molar-refractivity contribution in [3.8, 4) is 0 Å². The Balaban J connectivity index is 1.73. The molecule has 3 nitrogen and oxygen atoms in total. The van der Waals surface area contributed by atoms with Crippen LogP contribution in [-0.2, 0) is 9.47 Å². The van der Waals surface area contributed by atoms with Crippen molar-refractivity contribution in [1.29, 1.82) is 0 Å². The molecule has 1 unspecified atom stereocenters. The van der Waals surface area contributed by atoms with Gasteiger partial charge in [0.05, 0.1) is 12.7 Å². The smallest absolute Gasteiger partial charge is 0.170 e. The second kappa shape index (κ2) is 3.09. The Hall–Kier alpha value is -0.120. The third-order valence-corrected chi connectivity index (χ3v) is 2.11. The van der Waals surface area contributed by atoms with Crippen LogP contribution < -0.4 is 0 Å². The molecule has 11 heavy (non-hydrogen) atoms. The first kappa shape index (κ1) is 7.53. The largest absolute Gasteiger partial charge is 0.350 e. The van der Waals surface area contributed by atoms with Crippen LogP contribution in [0.5, 0.6) is 0 Å². The minimum absolute atomic E-state index is 0.0428. The van der Waals surface area contributed by atoms with Crippen molar-refractivity contribution in [3.05, 3.63) is 0 Å². The Labute approximate surface area is 67.3 Å².